The van der Waals surface area contributed by atoms with Gasteiger partial charge >= 0.3 is 5.97 Å². The van der Waals surface area contributed by atoms with E-state index in [-0.39, 0.29) is 23.4 Å². The van der Waals surface area contributed by atoms with Gasteiger partial charge in [-0.2, -0.15) is 0 Å². The zero-order valence-electron chi connectivity index (χ0n) is 6.67. The summed E-state index contributed by atoms with van der Waals surface area (Å²) in [5, 5.41) is 0. The molecule has 1 heterocycles. The van der Waals surface area contributed by atoms with E-state index in [0.717, 1.165) is 6.42 Å². The lowest BCUT2D eigenvalue weighted by atomic mass is 9.81. The van der Waals surface area contributed by atoms with Crippen LogP contribution in [-0.4, -0.2) is 12.1 Å². The number of carbonyl (C=O) groups is 1. The number of esters is 1. The second kappa shape index (κ2) is 1.47. The van der Waals surface area contributed by atoms with Gasteiger partial charge in [0.2, 0.25) is 0 Å². The molecule has 0 amide bonds. The fourth-order valence-electron chi connectivity index (χ4n) is 3.37. The Bertz CT molecular complexity index is 236. The molecule has 3 fully saturated rings. The second-order valence-electron chi connectivity index (χ2n) is 4.44. The van der Waals surface area contributed by atoms with Gasteiger partial charge in [0.25, 0.3) is 0 Å². The van der Waals surface area contributed by atoms with E-state index in [2.05, 4.69) is 6.92 Å². The molecule has 1 saturated heterocycles. The highest BCUT2D eigenvalue weighted by Gasteiger charge is 2.66. The van der Waals surface area contributed by atoms with Crippen LogP contribution in [0.25, 0.3) is 0 Å². The average Bonchev–Trinajstić information content (AvgIpc) is 2.47. The summed E-state index contributed by atoms with van der Waals surface area (Å²) in [6, 6.07) is 0. The highest BCUT2D eigenvalue weighted by atomic mass is 16.6. The molecule has 4 bridgehead atoms. The number of hydrogen-bond donors (Lipinski definition) is 0. The van der Waals surface area contributed by atoms with Crippen molar-refractivity contribution in [2.24, 2.45) is 17.3 Å². The Morgan fingerprint density at radius 1 is 1.64 bits per heavy atom. The van der Waals surface area contributed by atoms with Crippen molar-refractivity contribution in [1.29, 1.82) is 0 Å². The third-order valence-electron chi connectivity index (χ3n) is 4.00. The van der Waals surface area contributed by atoms with Gasteiger partial charge in [-0.25, -0.2) is 0 Å². The quantitative estimate of drug-likeness (QED) is 0.490. The Hall–Kier alpha value is -0.530. The molecule has 0 aromatic heterocycles. The summed E-state index contributed by atoms with van der Waals surface area (Å²) in [7, 11) is 0. The van der Waals surface area contributed by atoms with Crippen molar-refractivity contribution in [2.75, 3.05) is 0 Å². The lowest BCUT2D eigenvalue weighted by Gasteiger charge is -2.25. The van der Waals surface area contributed by atoms with Crippen molar-refractivity contribution >= 4 is 5.97 Å². The van der Waals surface area contributed by atoms with Gasteiger partial charge in [-0.1, -0.05) is 6.92 Å². The van der Waals surface area contributed by atoms with Crippen molar-refractivity contribution in [3.05, 3.63) is 0 Å². The summed E-state index contributed by atoms with van der Waals surface area (Å²) < 4.78 is 5.26. The monoisotopic (exact) mass is 152 g/mol. The van der Waals surface area contributed by atoms with E-state index in [4.69, 9.17) is 4.74 Å². The van der Waals surface area contributed by atoms with Crippen molar-refractivity contribution in [2.45, 2.75) is 32.3 Å². The summed E-state index contributed by atoms with van der Waals surface area (Å²) in [6.45, 7) is 2.22. The third kappa shape index (κ3) is 0.472. The first kappa shape index (κ1) is 6.04. The van der Waals surface area contributed by atoms with E-state index in [0.29, 0.717) is 5.92 Å². The number of hydrogen-bond acceptors (Lipinski definition) is 2. The van der Waals surface area contributed by atoms with Crippen LogP contribution in [0.4, 0.5) is 0 Å². The van der Waals surface area contributed by atoms with Crippen molar-refractivity contribution in [3.8, 4) is 0 Å². The summed E-state index contributed by atoms with van der Waals surface area (Å²) in [6.07, 6.45) is 3.89. The molecule has 0 aromatic rings. The van der Waals surface area contributed by atoms with E-state index in [1.807, 2.05) is 0 Å². The molecule has 0 radical (unpaired) electrons. The fourth-order valence-corrected chi connectivity index (χ4v) is 3.37. The smallest absolute Gasteiger partial charge is 0.310 e. The lowest BCUT2D eigenvalue weighted by Crippen LogP contribution is -2.25. The topological polar surface area (TPSA) is 26.3 Å². The largest absolute Gasteiger partial charge is 0.462 e. The fraction of sp³-hybridized carbons (Fsp3) is 0.889. The van der Waals surface area contributed by atoms with E-state index >= 15 is 0 Å². The first-order valence-electron chi connectivity index (χ1n) is 4.42. The zero-order valence-corrected chi connectivity index (χ0v) is 6.67. The first-order chi connectivity index (χ1) is 5.22. The van der Waals surface area contributed by atoms with Crippen LogP contribution < -0.4 is 0 Å². The van der Waals surface area contributed by atoms with Gasteiger partial charge in [0.15, 0.2) is 0 Å². The van der Waals surface area contributed by atoms with Crippen molar-refractivity contribution in [3.63, 3.8) is 0 Å². The van der Waals surface area contributed by atoms with Crippen LogP contribution >= 0.6 is 0 Å². The van der Waals surface area contributed by atoms with E-state index in [1.165, 1.54) is 12.8 Å². The molecule has 2 saturated carbocycles. The molecule has 4 atom stereocenters. The molecule has 3 aliphatic rings. The van der Waals surface area contributed by atoms with Crippen molar-refractivity contribution in [1.82, 2.24) is 0 Å². The molecule has 60 valence electrons. The highest BCUT2D eigenvalue weighted by Crippen LogP contribution is 2.63. The highest BCUT2D eigenvalue weighted by molar-refractivity contribution is 5.78. The average molecular weight is 152 g/mol. The SMILES string of the molecule is CC12CCC3CC1OC(=O)C32. The predicted octanol–water partition coefficient (Wildman–Crippen LogP) is 1.35. The molecule has 2 nitrogen and oxygen atoms in total. The Kier molecular flexibility index (Phi) is 0.809. The molecule has 11 heavy (non-hydrogen) atoms. The first-order valence-corrected chi connectivity index (χ1v) is 4.42. The molecular formula is C9H12O2. The van der Waals surface area contributed by atoms with Gasteiger partial charge in [0.1, 0.15) is 6.10 Å². The maximum atomic E-state index is 11.3. The van der Waals surface area contributed by atoms with Crippen LogP contribution in [0.1, 0.15) is 26.2 Å². The van der Waals surface area contributed by atoms with E-state index < -0.39 is 0 Å². The molecule has 0 aromatic carbocycles. The van der Waals surface area contributed by atoms with Crippen LogP contribution in [0.15, 0.2) is 0 Å². The summed E-state index contributed by atoms with van der Waals surface area (Å²) >= 11 is 0. The van der Waals surface area contributed by atoms with Crippen LogP contribution in [0.3, 0.4) is 0 Å². The van der Waals surface area contributed by atoms with Gasteiger partial charge in [-0.05, 0) is 25.2 Å². The van der Waals surface area contributed by atoms with Gasteiger partial charge in [-0.3, -0.25) is 4.79 Å². The second-order valence-corrected chi connectivity index (χ2v) is 4.44. The Morgan fingerprint density at radius 2 is 2.45 bits per heavy atom. The van der Waals surface area contributed by atoms with Gasteiger partial charge in [-0.15, -0.1) is 0 Å². The van der Waals surface area contributed by atoms with Gasteiger partial charge in [0, 0.05) is 5.41 Å². The predicted molar refractivity (Wildman–Crippen MR) is 38.8 cm³/mol. The standard InChI is InChI=1S/C9H12O2/c1-9-3-2-5-4-6(9)11-8(10)7(5)9/h5-7H,2-4H2,1H3. The lowest BCUT2D eigenvalue weighted by molar-refractivity contribution is -0.150. The number of carbonyl (C=O) groups excluding carboxylic acids is 1. The van der Waals surface area contributed by atoms with Crippen molar-refractivity contribution < 1.29 is 9.53 Å². The number of rotatable bonds is 0. The van der Waals surface area contributed by atoms with E-state index in [1.54, 1.807) is 0 Å². The molecule has 4 unspecified atom stereocenters. The molecular weight excluding hydrogens is 140 g/mol. The van der Waals surface area contributed by atoms with E-state index in [9.17, 15) is 4.79 Å². The molecule has 3 rings (SSSR count). The minimum Gasteiger partial charge on any atom is -0.462 e. The zero-order chi connectivity index (χ0) is 7.64. The maximum absolute atomic E-state index is 11.3. The Labute approximate surface area is 65.9 Å². The van der Waals surface area contributed by atoms with Gasteiger partial charge < -0.3 is 4.74 Å². The van der Waals surface area contributed by atoms with Crippen LogP contribution in [-0.2, 0) is 9.53 Å². The number of ether oxygens (including phenoxy) is 1. The Balaban J connectivity index is 2.12. The third-order valence-corrected chi connectivity index (χ3v) is 4.00. The summed E-state index contributed by atoms with van der Waals surface area (Å²) in [5.74, 6) is 1.03. The minimum atomic E-state index is 0.0891. The van der Waals surface area contributed by atoms with Gasteiger partial charge in [0.05, 0.1) is 5.92 Å². The Morgan fingerprint density at radius 3 is 3.00 bits per heavy atom. The molecule has 0 N–H and O–H groups in total. The van der Waals surface area contributed by atoms with Crippen LogP contribution in [0, 0.1) is 17.3 Å². The molecule has 0 spiro atoms. The van der Waals surface area contributed by atoms with Crippen LogP contribution in [0.5, 0.6) is 0 Å². The summed E-state index contributed by atoms with van der Waals surface area (Å²) in [5.41, 5.74) is 0.238. The molecule has 2 heteroatoms. The maximum Gasteiger partial charge on any atom is 0.310 e. The molecule has 2 aliphatic carbocycles. The molecule has 1 aliphatic heterocycles. The van der Waals surface area contributed by atoms with Crippen LogP contribution in [0.2, 0.25) is 0 Å². The summed E-state index contributed by atoms with van der Waals surface area (Å²) in [4.78, 5) is 11.3. The normalized spacial score (nSPS) is 58.6. The minimum absolute atomic E-state index is 0.0891.